The largest absolute Gasteiger partial charge is 0.478 e. The van der Waals surface area contributed by atoms with E-state index in [2.05, 4.69) is 10.3 Å². The Morgan fingerprint density at radius 2 is 1.96 bits per heavy atom. The molecule has 6 nitrogen and oxygen atoms in total. The maximum atomic E-state index is 12.5. The van der Waals surface area contributed by atoms with Crippen LogP contribution < -0.4 is 5.32 Å². The molecule has 144 valence electrons. The van der Waals surface area contributed by atoms with Crippen LogP contribution in [0.25, 0.3) is 10.9 Å². The summed E-state index contributed by atoms with van der Waals surface area (Å²) >= 11 is 6.22. The molecule has 0 fully saturated rings. The van der Waals surface area contributed by atoms with Crippen molar-refractivity contribution in [2.75, 3.05) is 11.9 Å². The maximum absolute atomic E-state index is 12.5. The molecule has 0 unspecified atom stereocenters. The molecule has 0 radical (unpaired) electrons. The average molecular weight is 399 g/mol. The van der Waals surface area contributed by atoms with Crippen LogP contribution in [0.3, 0.4) is 0 Å². The number of ether oxygens (including phenoxy) is 1. The van der Waals surface area contributed by atoms with E-state index < -0.39 is 11.9 Å². The molecule has 3 rings (SSSR count). The van der Waals surface area contributed by atoms with Crippen molar-refractivity contribution in [3.05, 3.63) is 63.8 Å². The number of anilines is 2. The van der Waals surface area contributed by atoms with E-state index in [4.69, 9.17) is 16.3 Å². The van der Waals surface area contributed by atoms with Gasteiger partial charge in [0.15, 0.2) is 0 Å². The Bertz CT molecular complexity index is 1100. The van der Waals surface area contributed by atoms with Crippen molar-refractivity contribution in [1.29, 1.82) is 0 Å². The van der Waals surface area contributed by atoms with Gasteiger partial charge in [0.05, 0.1) is 23.4 Å². The Kier molecular flexibility index (Phi) is 5.51. The number of fused-ring (bicyclic) bond motifs is 1. The molecule has 0 bridgehead atoms. The molecule has 0 saturated carbocycles. The molecule has 7 heteroatoms. The number of nitrogens with one attached hydrogen (secondary N) is 1. The fourth-order valence-corrected chi connectivity index (χ4v) is 3.06. The number of rotatable bonds is 5. The van der Waals surface area contributed by atoms with E-state index >= 15 is 0 Å². The summed E-state index contributed by atoms with van der Waals surface area (Å²) in [6.45, 7) is 5.65. The normalized spacial score (nSPS) is 10.7. The molecule has 0 aliphatic carbocycles. The van der Waals surface area contributed by atoms with Crippen LogP contribution in [0.4, 0.5) is 11.4 Å². The molecule has 0 atom stereocenters. The lowest BCUT2D eigenvalue weighted by Crippen LogP contribution is -2.10. The third-order valence-electron chi connectivity index (χ3n) is 4.47. The van der Waals surface area contributed by atoms with Gasteiger partial charge >= 0.3 is 11.9 Å². The fourth-order valence-electron chi connectivity index (χ4n) is 2.91. The zero-order chi connectivity index (χ0) is 20.4. The molecule has 1 aromatic heterocycles. The number of carbonyl (C=O) groups is 2. The molecule has 0 spiro atoms. The van der Waals surface area contributed by atoms with Gasteiger partial charge in [-0.3, -0.25) is 4.98 Å². The number of pyridine rings is 1. The monoisotopic (exact) mass is 398 g/mol. The molecule has 2 N–H and O–H groups in total. The van der Waals surface area contributed by atoms with Crippen LogP contribution in [0.2, 0.25) is 5.02 Å². The van der Waals surface area contributed by atoms with Crippen molar-refractivity contribution >= 4 is 45.8 Å². The molecule has 0 aliphatic heterocycles. The number of benzene rings is 2. The van der Waals surface area contributed by atoms with E-state index in [0.29, 0.717) is 27.3 Å². The van der Waals surface area contributed by atoms with Crippen LogP contribution in [0.5, 0.6) is 0 Å². The number of carboxylic acids is 1. The molecule has 0 amide bonds. The number of esters is 1. The molecule has 0 saturated heterocycles. The van der Waals surface area contributed by atoms with Crippen molar-refractivity contribution in [2.24, 2.45) is 0 Å². The first-order chi connectivity index (χ1) is 13.3. The molecule has 0 aliphatic rings. The first-order valence-corrected chi connectivity index (χ1v) is 9.07. The summed E-state index contributed by atoms with van der Waals surface area (Å²) in [6.07, 6.45) is 1.45. The number of halogens is 1. The quantitative estimate of drug-likeness (QED) is 0.579. The van der Waals surface area contributed by atoms with E-state index in [1.54, 1.807) is 25.1 Å². The standard InChI is InChI=1S/C21H19ClN2O4/c1-4-28-21(27)15-10-23-18-12(3)16(22)8-7-14(18)19(15)24-17-9-13(20(25)26)6-5-11(17)2/h5-10H,4H2,1-3H3,(H,23,24)(H,25,26). The number of aromatic carboxylic acids is 1. The summed E-state index contributed by atoms with van der Waals surface area (Å²) < 4.78 is 5.16. The lowest BCUT2D eigenvalue weighted by atomic mass is 10.0. The highest BCUT2D eigenvalue weighted by atomic mass is 35.5. The van der Waals surface area contributed by atoms with Crippen LogP contribution >= 0.6 is 11.6 Å². The summed E-state index contributed by atoms with van der Waals surface area (Å²) in [5, 5.41) is 13.8. The summed E-state index contributed by atoms with van der Waals surface area (Å²) in [4.78, 5) is 28.2. The summed E-state index contributed by atoms with van der Waals surface area (Å²) in [6, 6.07) is 8.29. The van der Waals surface area contributed by atoms with E-state index in [1.807, 2.05) is 13.8 Å². The van der Waals surface area contributed by atoms with Gasteiger partial charge in [0.25, 0.3) is 0 Å². The first kappa shape index (κ1) is 19.6. The van der Waals surface area contributed by atoms with Crippen molar-refractivity contribution in [3.63, 3.8) is 0 Å². The van der Waals surface area contributed by atoms with Crippen LogP contribution in [-0.4, -0.2) is 28.6 Å². The summed E-state index contributed by atoms with van der Waals surface area (Å²) in [5.41, 5.74) is 3.73. The van der Waals surface area contributed by atoms with Crippen LogP contribution in [-0.2, 0) is 4.74 Å². The number of aromatic nitrogens is 1. The van der Waals surface area contributed by atoms with Gasteiger partial charge in [-0.2, -0.15) is 0 Å². The molecule has 2 aromatic carbocycles. The minimum Gasteiger partial charge on any atom is -0.478 e. The van der Waals surface area contributed by atoms with E-state index in [1.165, 1.54) is 18.3 Å². The zero-order valence-corrected chi connectivity index (χ0v) is 16.4. The lowest BCUT2D eigenvalue weighted by molar-refractivity contribution is 0.0526. The average Bonchev–Trinajstić information content (AvgIpc) is 2.66. The van der Waals surface area contributed by atoms with Crippen LogP contribution in [0.1, 0.15) is 38.8 Å². The molecular weight excluding hydrogens is 380 g/mol. The second-order valence-electron chi connectivity index (χ2n) is 6.30. The van der Waals surface area contributed by atoms with Gasteiger partial charge in [0.1, 0.15) is 5.56 Å². The number of aryl methyl sites for hydroxylation is 2. The SMILES string of the molecule is CCOC(=O)c1cnc2c(C)c(Cl)ccc2c1Nc1cc(C(=O)O)ccc1C. The summed E-state index contributed by atoms with van der Waals surface area (Å²) in [5.74, 6) is -1.55. The molecule has 1 heterocycles. The number of hydrogen-bond acceptors (Lipinski definition) is 5. The predicted molar refractivity (Wildman–Crippen MR) is 109 cm³/mol. The predicted octanol–water partition coefficient (Wildman–Crippen LogP) is 5.12. The first-order valence-electron chi connectivity index (χ1n) is 8.69. The Labute approximate surface area is 167 Å². The van der Waals surface area contributed by atoms with Crippen LogP contribution in [0, 0.1) is 13.8 Å². The molecule has 28 heavy (non-hydrogen) atoms. The number of carboxylic acid groups (broad SMARTS) is 1. The third-order valence-corrected chi connectivity index (χ3v) is 4.88. The van der Waals surface area contributed by atoms with Crippen molar-refractivity contribution in [2.45, 2.75) is 20.8 Å². The second-order valence-corrected chi connectivity index (χ2v) is 6.70. The number of nitrogens with zero attached hydrogens (tertiary/aromatic N) is 1. The minimum absolute atomic E-state index is 0.142. The van der Waals surface area contributed by atoms with Gasteiger partial charge in [-0.05, 0) is 56.2 Å². The van der Waals surface area contributed by atoms with Gasteiger partial charge < -0.3 is 15.2 Å². The van der Waals surface area contributed by atoms with Crippen molar-refractivity contribution in [3.8, 4) is 0 Å². The molecular formula is C21H19ClN2O4. The highest BCUT2D eigenvalue weighted by Gasteiger charge is 2.19. The summed E-state index contributed by atoms with van der Waals surface area (Å²) in [7, 11) is 0. The zero-order valence-electron chi connectivity index (χ0n) is 15.7. The minimum atomic E-state index is -1.03. The van der Waals surface area contributed by atoms with E-state index in [9.17, 15) is 14.7 Å². The topological polar surface area (TPSA) is 88.5 Å². The van der Waals surface area contributed by atoms with Gasteiger partial charge in [0, 0.05) is 22.3 Å². The highest BCUT2D eigenvalue weighted by Crippen LogP contribution is 2.34. The fraction of sp³-hybridized carbons (Fsp3) is 0.190. The smallest absolute Gasteiger partial charge is 0.341 e. The Balaban J connectivity index is 2.24. The van der Waals surface area contributed by atoms with Gasteiger partial charge in [-0.15, -0.1) is 0 Å². The Morgan fingerprint density at radius 3 is 2.64 bits per heavy atom. The second kappa shape index (κ2) is 7.86. The van der Waals surface area contributed by atoms with Crippen molar-refractivity contribution in [1.82, 2.24) is 4.98 Å². The van der Waals surface area contributed by atoms with Gasteiger partial charge in [0.2, 0.25) is 0 Å². The number of carbonyl (C=O) groups excluding carboxylic acids is 1. The number of hydrogen-bond donors (Lipinski definition) is 2. The van der Waals surface area contributed by atoms with E-state index in [-0.39, 0.29) is 17.7 Å². The van der Waals surface area contributed by atoms with Crippen molar-refractivity contribution < 1.29 is 19.4 Å². The Morgan fingerprint density at radius 1 is 1.21 bits per heavy atom. The molecule has 3 aromatic rings. The highest BCUT2D eigenvalue weighted by molar-refractivity contribution is 6.32. The van der Waals surface area contributed by atoms with Gasteiger partial charge in [-0.25, -0.2) is 9.59 Å². The third kappa shape index (κ3) is 3.64. The van der Waals surface area contributed by atoms with Crippen LogP contribution in [0.15, 0.2) is 36.5 Å². The maximum Gasteiger partial charge on any atom is 0.341 e. The lowest BCUT2D eigenvalue weighted by Gasteiger charge is -2.17. The van der Waals surface area contributed by atoms with Gasteiger partial charge in [-0.1, -0.05) is 17.7 Å². The van der Waals surface area contributed by atoms with E-state index in [0.717, 1.165) is 11.1 Å². The Hall–Kier alpha value is -3.12.